The number of aryl methyl sites for hydroxylation is 1. The van der Waals surface area contributed by atoms with E-state index in [0.29, 0.717) is 17.9 Å². The van der Waals surface area contributed by atoms with Gasteiger partial charge in [0.05, 0.1) is 5.69 Å². The molecule has 0 bridgehead atoms. The minimum atomic E-state index is -6.72. The first kappa shape index (κ1) is 36.5. The number of alkyl halides is 6. The molecule has 11 nitrogen and oxygen atoms in total. The van der Waals surface area contributed by atoms with E-state index in [1.165, 1.54) is 37.3 Å². The summed E-state index contributed by atoms with van der Waals surface area (Å²) < 4.78 is 116. The molecular weight excluding hydrogens is 622 g/mol. The van der Waals surface area contributed by atoms with Crippen LogP contribution in [0.4, 0.5) is 42.5 Å². The van der Waals surface area contributed by atoms with Crippen LogP contribution in [-0.4, -0.2) is 46.6 Å². The number of ether oxygens (including phenoxy) is 1. The Morgan fingerprint density at radius 2 is 1.48 bits per heavy atom. The number of aromatic nitrogens is 1. The number of sulfonamides is 2. The number of benzene rings is 1. The minimum absolute atomic E-state index is 0.278. The summed E-state index contributed by atoms with van der Waals surface area (Å²) >= 11 is 0. The molecule has 1 N–H and O–H groups in total. The minimum Gasteiger partial charge on any atom is -0.443 e. The van der Waals surface area contributed by atoms with E-state index in [9.17, 15) is 52.8 Å². The van der Waals surface area contributed by atoms with Gasteiger partial charge in [0.1, 0.15) is 0 Å². The Morgan fingerprint density at radius 3 is 1.95 bits per heavy atom. The van der Waals surface area contributed by atoms with Gasteiger partial charge in [-0.25, -0.2) is 31.0 Å². The number of carbonyl (C=O) groups excluding carboxylic acids is 2. The molecule has 1 heterocycles. The Labute approximate surface area is 237 Å². The predicted molar refractivity (Wildman–Crippen MR) is 137 cm³/mol. The highest BCUT2D eigenvalue weighted by molar-refractivity contribution is 8.13. The maximum absolute atomic E-state index is 11.8. The standard InChI is InChI=1S/C21H25N3O3.C2F6NO4S2/c1-2-3-4-5-6-18-11-13-24(14-12-18)15-16-27-21(26)23-20-9-7-19(8-10-20)22-17-25;3-1(4,5)14(10,11)9-15(12,13)2(6,7)8/h7-14H,2-6,15-16H2,1H3;/q;-1/p+1. The fourth-order valence-electron chi connectivity index (χ4n) is 2.84. The molecular formula is C23H26F6N4O7S2. The summed E-state index contributed by atoms with van der Waals surface area (Å²) in [5.41, 5.74) is -10.0. The van der Waals surface area contributed by atoms with E-state index in [-0.39, 0.29) is 6.61 Å². The van der Waals surface area contributed by atoms with Crippen LogP contribution >= 0.6 is 0 Å². The molecule has 42 heavy (non-hydrogen) atoms. The van der Waals surface area contributed by atoms with Gasteiger partial charge in [0, 0.05) is 17.8 Å². The molecule has 1 aromatic heterocycles. The highest BCUT2D eigenvalue weighted by atomic mass is 32.3. The van der Waals surface area contributed by atoms with Gasteiger partial charge in [-0.05, 0) is 42.7 Å². The number of aliphatic imine (C=N–C) groups is 1. The van der Waals surface area contributed by atoms with Crippen LogP contribution in [0.2, 0.25) is 0 Å². The number of anilines is 1. The summed E-state index contributed by atoms with van der Waals surface area (Å²) in [5, 5.41) is 2.63. The summed E-state index contributed by atoms with van der Waals surface area (Å²) in [6, 6.07) is 10.8. The largest absolute Gasteiger partial charge is 0.480 e. The summed E-state index contributed by atoms with van der Waals surface area (Å²) in [7, 11) is -13.4. The molecule has 0 radical (unpaired) electrons. The molecule has 0 aliphatic carbocycles. The van der Waals surface area contributed by atoms with E-state index in [1.54, 1.807) is 24.3 Å². The van der Waals surface area contributed by atoms with E-state index in [2.05, 4.69) is 29.4 Å². The molecule has 2 aromatic rings. The second-order valence-corrected chi connectivity index (χ2v) is 11.6. The van der Waals surface area contributed by atoms with Crippen molar-refractivity contribution in [3.05, 3.63) is 58.5 Å². The van der Waals surface area contributed by atoms with Gasteiger partial charge in [-0.2, -0.15) is 31.3 Å². The zero-order chi connectivity index (χ0) is 32.0. The topological polar surface area (TPSA) is 154 Å². The normalized spacial score (nSPS) is 12.0. The quantitative estimate of drug-likeness (QED) is 0.107. The molecule has 1 aromatic carbocycles. The van der Waals surface area contributed by atoms with E-state index in [4.69, 9.17) is 4.74 Å². The first-order valence-corrected chi connectivity index (χ1v) is 14.8. The van der Waals surface area contributed by atoms with Crippen LogP contribution in [-0.2, 0) is 42.5 Å². The number of pyridine rings is 1. The van der Waals surface area contributed by atoms with E-state index in [0.717, 1.165) is 10.5 Å². The lowest BCUT2D eigenvalue weighted by Gasteiger charge is -2.22. The Bertz CT molecular complexity index is 1370. The third-order valence-electron chi connectivity index (χ3n) is 4.93. The lowest BCUT2D eigenvalue weighted by molar-refractivity contribution is -0.697. The summed E-state index contributed by atoms with van der Waals surface area (Å²) in [6.07, 6.45) is 11.1. The Morgan fingerprint density at radius 1 is 0.929 bits per heavy atom. The molecule has 0 fully saturated rings. The summed E-state index contributed by atoms with van der Waals surface area (Å²) in [4.78, 5) is 25.5. The fraction of sp³-hybridized carbons (Fsp3) is 0.435. The number of hydrogen-bond donors (Lipinski definition) is 1. The van der Waals surface area contributed by atoms with Crippen molar-refractivity contribution >= 4 is 43.6 Å². The SMILES string of the molecule is CCCCCCc1cc[n+](CCOC(=O)Nc2ccc(N=C=O)cc2)cc1.O=S(=O)([N-]S(=O)(=O)C(F)(F)F)C(F)(F)F. The highest BCUT2D eigenvalue weighted by Gasteiger charge is 2.46. The fourth-order valence-corrected chi connectivity index (χ4v) is 4.55. The van der Waals surface area contributed by atoms with Crippen LogP contribution in [0.25, 0.3) is 4.13 Å². The predicted octanol–water partition coefficient (Wildman–Crippen LogP) is 5.37. The van der Waals surface area contributed by atoms with Gasteiger partial charge >= 0.3 is 17.1 Å². The van der Waals surface area contributed by atoms with Crippen molar-refractivity contribution in [3.8, 4) is 0 Å². The van der Waals surface area contributed by atoms with E-state index in [1.807, 2.05) is 17.0 Å². The Balaban J connectivity index is 0.000000501. The zero-order valence-corrected chi connectivity index (χ0v) is 23.5. The average Bonchev–Trinajstić information content (AvgIpc) is 2.87. The van der Waals surface area contributed by atoms with Crippen molar-refractivity contribution in [2.75, 3.05) is 11.9 Å². The van der Waals surface area contributed by atoms with Crippen LogP contribution in [0.1, 0.15) is 38.2 Å². The molecule has 234 valence electrons. The molecule has 0 aliphatic heterocycles. The van der Waals surface area contributed by atoms with Gasteiger partial charge in [-0.1, -0.05) is 26.2 Å². The molecule has 0 atom stereocenters. The molecule has 0 saturated carbocycles. The summed E-state index contributed by atoms with van der Waals surface area (Å²) in [6.45, 7) is 3.09. The van der Waals surface area contributed by atoms with Gasteiger partial charge in [0.25, 0.3) is 0 Å². The van der Waals surface area contributed by atoms with E-state index < -0.39 is 37.2 Å². The van der Waals surface area contributed by atoms with Crippen molar-refractivity contribution in [2.24, 2.45) is 4.99 Å². The lowest BCUT2D eigenvalue weighted by Crippen LogP contribution is -2.36. The third-order valence-corrected chi connectivity index (χ3v) is 7.67. The smallest absolute Gasteiger partial charge is 0.443 e. The lowest BCUT2D eigenvalue weighted by atomic mass is 10.1. The first-order valence-electron chi connectivity index (χ1n) is 11.9. The number of carbonyl (C=O) groups is 1. The van der Waals surface area contributed by atoms with Crippen LogP contribution in [0.15, 0.2) is 53.8 Å². The molecule has 0 saturated heterocycles. The monoisotopic (exact) mass is 648 g/mol. The third kappa shape index (κ3) is 13.0. The molecule has 1 amide bonds. The molecule has 19 heteroatoms. The van der Waals surface area contributed by atoms with Crippen molar-refractivity contribution < 1.29 is 62.1 Å². The van der Waals surface area contributed by atoms with Crippen molar-refractivity contribution in [2.45, 2.75) is 56.6 Å². The van der Waals surface area contributed by atoms with Crippen molar-refractivity contribution in [1.29, 1.82) is 0 Å². The highest BCUT2D eigenvalue weighted by Crippen LogP contribution is 2.36. The first-order chi connectivity index (χ1) is 19.4. The number of nitrogens with zero attached hydrogens (tertiary/aromatic N) is 3. The van der Waals surface area contributed by atoms with Crippen LogP contribution in [0.5, 0.6) is 0 Å². The van der Waals surface area contributed by atoms with Crippen molar-refractivity contribution in [3.63, 3.8) is 0 Å². The van der Waals surface area contributed by atoms with Gasteiger partial charge in [0.2, 0.25) is 6.08 Å². The van der Waals surface area contributed by atoms with Gasteiger partial charge < -0.3 is 8.86 Å². The number of isocyanates is 1. The average molecular weight is 649 g/mol. The van der Waals surface area contributed by atoms with Crippen LogP contribution < -0.4 is 9.88 Å². The zero-order valence-electron chi connectivity index (χ0n) is 21.9. The maximum atomic E-state index is 11.8. The van der Waals surface area contributed by atoms with Crippen LogP contribution in [0, 0.1) is 0 Å². The summed E-state index contributed by atoms with van der Waals surface area (Å²) in [5.74, 6) is 0. The second-order valence-electron chi connectivity index (χ2n) is 8.18. The molecule has 0 spiro atoms. The van der Waals surface area contributed by atoms with Crippen molar-refractivity contribution in [1.82, 2.24) is 0 Å². The van der Waals surface area contributed by atoms with Gasteiger partial charge in [0.15, 0.2) is 45.6 Å². The van der Waals surface area contributed by atoms with Crippen LogP contribution in [0.3, 0.4) is 0 Å². The second kappa shape index (κ2) is 16.2. The Hall–Kier alpha value is -3.54. The molecule has 0 unspecified atom stereocenters. The molecule has 2 rings (SSSR count). The number of amides is 1. The number of hydrogen-bond acceptors (Lipinski definition) is 8. The molecule has 0 aliphatic rings. The maximum Gasteiger partial charge on any atom is 0.480 e. The number of unbranched alkanes of at least 4 members (excludes halogenated alkanes) is 3. The number of halogens is 6. The Kier molecular flexibility index (Phi) is 14.1. The number of rotatable bonds is 12. The van der Waals surface area contributed by atoms with Gasteiger partial charge in [-0.15, -0.1) is 0 Å². The van der Waals surface area contributed by atoms with Gasteiger partial charge in [-0.3, -0.25) is 5.32 Å². The number of nitrogens with one attached hydrogen (secondary N) is 1. The van der Waals surface area contributed by atoms with E-state index >= 15 is 0 Å².